The molecule has 4 heteroatoms. The minimum atomic E-state index is 0.486. The van der Waals surface area contributed by atoms with Gasteiger partial charge in [-0.3, -0.25) is 9.80 Å². The molecular weight excluding hydrogens is 296 g/mol. The first-order valence-corrected chi connectivity index (χ1v) is 8.74. The van der Waals surface area contributed by atoms with Gasteiger partial charge in [0, 0.05) is 32.2 Å². The third kappa shape index (κ3) is 3.21. The summed E-state index contributed by atoms with van der Waals surface area (Å²) < 4.78 is 0. The predicted molar refractivity (Wildman–Crippen MR) is 97.8 cm³/mol. The van der Waals surface area contributed by atoms with Crippen molar-refractivity contribution in [3.05, 3.63) is 66.0 Å². The van der Waals surface area contributed by atoms with Crippen molar-refractivity contribution in [1.29, 1.82) is 0 Å². The van der Waals surface area contributed by atoms with Gasteiger partial charge in [-0.15, -0.1) is 0 Å². The van der Waals surface area contributed by atoms with E-state index in [0.29, 0.717) is 6.04 Å². The summed E-state index contributed by atoms with van der Waals surface area (Å²) in [6, 6.07) is 19.5. The highest BCUT2D eigenvalue weighted by Gasteiger charge is 2.22. The third-order valence-corrected chi connectivity index (χ3v) is 5.05. The summed E-state index contributed by atoms with van der Waals surface area (Å²) in [7, 11) is 0. The summed E-state index contributed by atoms with van der Waals surface area (Å²) in [5.41, 5.74) is 3.59. The van der Waals surface area contributed by atoms with Crippen LogP contribution in [0.4, 0.5) is 0 Å². The van der Waals surface area contributed by atoms with Crippen molar-refractivity contribution in [2.24, 2.45) is 0 Å². The van der Waals surface area contributed by atoms with Crippen LogP contribution in [-0.2, 0) is 6.54 Å². The number of fused-ring (bicyclic) bond motifs is 1. The molecule has 1 aliphatic heterocycles. The predicted octanol–water partition coefficient (Wildman–Crippen LogP) is 3.44. The fourth-order valence-corrected chi connectivity index (χ4v) is 3.54. The molecule has 0 saturated carbocycles. The summed E-state index contributed by atoms with van der Waals surface area (Å²) in [6.45, 7) is 7.61. The average Bonchev–Trinajstić information content (AvgIpc) is 3.05. The second kappa shape index (κ2) is 6.75. The van der Waals surface area contributed by atoms with E-state index in [0.717, 1.165) is 49.6 Å². The van der Waals surface area contributed by atoms with Crippen LogP contribution in [0.3, 0.4) is 0 Å². The van der Waals surface area contributed by atoms with E-state index in [9.17, 15) is 0 Å². The van der Waals surface area contributed by atoms with E-state index in [1.807, 2.05) is 12.1 Å². The van der Waals surface area contributed by atoms with E-state index in [2.05, 4.69) is 64.2 Å². The maximum atomic E-state index is 4.70. The molecule has 1 atom stereocenters. The summed E-state index contributed by atoms with van der Waals surface area (Å²) in [6.07, 6.45) is 0. The van der Waals surface area contributed by atoms with E-state index < -0.39 is 0 Å². The molecule has 0 bridgehead atoms. The van der Waals surface area contributed by atoms with E-state index >= 15 is 0 Å². The summed E-state index contributed by atoms with van der Waals surface area (Å²) in [4.78, 5) is 13.2. The van der Waals surface area contributed by atoms with Gasteiger partial charge in [0.05, 0.1) is 17.6 Å². The molecule has 24 heavy (non-hydrogen) atoms. The molecule has 1 N–H and O–H groups in total. The molecule has 1 aliphatic rings. The minimum absolute atomic E-state index is 0.486. The molecule has 3 aromatic rings. The van der Waals surface area contributed by atoms with Gasteiger partial charge in [-0.05, 0) is 24.6 Å². The Kier molecular flexibility index (Phi) is 4.32. The quantitative estimate of drug-likeness (QED) is 0.800. The summed E-state index contributed by atoms with van der Waals surface area (Å²) in [5.74, 6) is 1.07. The Balaban J connectivity index is 1.36. The summed E-state index contributed by atoms with van der Waals surface area (Å²) >= 11 is 0. The molecule has 0 spiro atoms. The molecule has 1 aromatic heterocycles. The topological polar surface area (TPSA) is 35.2 Å². The molecule has 2 aromatic carbocycles. The van der Waals surface area contributed by atoms with Crippen LogP contribution in [-0.4, -0.2) is 45.9 Å². The van der Waals surface area contributed by atoms with Gasteiger partial charge < -0.3 is 4.98 Å². The molecule has 0 amide bonds. The fraction of sp³-hybridized carbons (Fsp3) is 0.350. The number of piperazine rings is 1. The first-order chi connectivity index (χ1) is 11.8. The van der Waals surface area contributed by atoms with Crippen LogP contribution < -0.4 is 0 Å². The van der Waals surface area contributed by atoms with Gasteiger partial charge in [-0.25, -0.2) is 4.98 Å². The number of rotatable bonds is 4. The number of hydrogen-bond donors (Lipinski definition) is 1. The Morgan fingerprint density at radius 2 is 1.67 bits per heavy atom. The first-order valence-electron chi connectivity index (χ1n) is 8.74. The Morgan fingerprint density at radius 3 is 2.42 bits per heavy atom. The van der Waals surface area contributed by atoms with Gasteiger partial charge in [0.2, 0.25) is 0 Å². The van der Waals surface area contributed by atoms with Crippen LogP contribution in [0.5, 0.6) is 0 Å². The second-order valence-electron chi connectivity index (χ2n) is 6.60. The molecule has 0 aliphatic carbocycles. The van der Waals surface area contributed by atoms with Gasteiger partial charge in [0.15, 0.2) is 0 Å². The average molecular weight is 320 g/mol. The fourth-order valence-electron chi connectivity index (χ4n) is 3.54. The Morgan fingerprint density at radius 1 is 0.958 bits per heavy atom. The molecule has 0 radical (unpaired) electrons. The lowest BCUT2D eigenvalue weighted by atomic mass is 10.1. The highest BCUT2D eigenvalue weighted by Crippen LogP contribution is 2.21. The maximum absolute atomic E-state index is 4.70. The zero-order valence-electron chi connectivity index (χ0n) is 14.2. The first kappa shape index (κ1) is 15.4. The van der Waals surface area contributed by atoms with Gasteiger partial charge in [0.1, 0.15) is 5.82 Å². The van der Waals surface area contributed by atoms with Gasteiger partial charge in [0.25, 0.3) is 0 Å². The van der Waals surface area contributed by atoms with Gasteiger partial charge >= 0.3 is 0 Å². The lowest BCUT2D eigenvalue weighted by Crippen LogP contribution is -2.46. The minimum Gasteiger partial charge on any atom is -0.341 e. The van der Waals surface area contributed by atoms with Crippen LogP contribution in [0.2, 0.25) is 0 Å². The molecule has 1 saturated heterocycles. The van der Waals surface area contributed by atoms with Crippen molar-refractivity contribution in [3.63, 3.8) is 0 Å². The molecule has 124 valence electrons. The Labute approximate surface area is 143 Å². The maximum Gasteiger partial charge on any atom is 0.121 e. The molecule has 1 unspecified atom stereocenters. The van der Waals surface area contributed by atoms with Crippen molar-refractivity contribution in [2.45, 2.75) is 19.5 Å². The van der Waals surface area contributed by atoms with E-state index in [1.54, 1.807) is 0 Å². The van der Waals surface area contributed by atoms with Crippen LogP contribution in [0.15, 0.2) is 54.6 Å². The molecule has 1 fully saturated rings. The number of imidazole rings is 1. The number of nitrogens with one attached hydrogen (secondary N) is 1. The van der Waals surface area contributed by atoms with E-state index in [4.69, 9.17) is 4.98 Å². The summed E-state index contributed by atoms with van der Waals surface area (Å²) in [5, 5.41) is 0. The number of aromatic nitrogens is 2. The molecular formula is C20H24N4. The zero-order valence-corrected chi connectivity index (χ0v) is 14.2. The number of nitrogens with zero attached hydrogens (tertiary/aromatic N) is 3. The number of para-hydroxylation sites is 2. The van der Waals surface area contributed by atoms with E-state index in [1.165, 1.54) is 5.56 Å². The van der Waals surface area contributed by atoms with Gasteiger partial charge in [-0.2, -0.15) is 0 Å². The van der Waals surface area contributed by atoms with Crippen molar-refractivity contribution in [3.8, 4) is 0 Å². The van der Waals surface area contributed by atoms with Crippen molar-refractivity contribution in [1.82, 2.24) is 19.8 Å². The number of H-pyrrole nitrogens is 1. The number of hydrogen-bond acceptors (Lipinski definition) is 3. The number of aromatic amines is 1. The highest BCUT2D eigenvalue weighted by atomic mass is 15.3. The SMILES string of the molecule is CC(c1ccccc1)N1CCN(Cc2nc3ccccc3[nH]2)CC1. The van der Waals surface area contributed by atoms with Crippen LogP contribution >= 0.6 is 0 Å². The number of benzene rings is 2. The van der Waals surface area contributed by atoms with Crippen molar-refractivity contribution >= 4 is 11.0 Å². The lowest BCUT2D eigenvalue weighted by Gasteiger charge is -2.37. The Bertz CT molecular complexity index is 755. The molecule has 2 heterocycles. The van der Waals surface area contributed by atoms with Gasteiger partial charge in [-0.1, -0.05) is 42.5 Å². The third-order valence-electron chi connectivity index (χ3n) is 5.05. The molecule has 4 rings (SSSR count). The zero-order chi connectivity index (χ0) is 16.4. The monoisotopic (exact) mass is 320 g/mol. The normalized spacial score (nSPS) is 18.0. The van der Waals surface area contributed by atoms with Crippen molar-refractivity contribution < 1.29 is 0 Å². The molecule has 4 nitrogen and oxygen atoms in total. The van der Waals surface area contributed by atoms with Crippen molar-refractivity contribution in [2.75, 3.05) is 26.2 Å². The Hall–Kier alpha value is -2.17. The largest absolute Gasteiger partial charge is 0.341 e. The lowest BCUT2D eigenvalue weighted by molar-refractivity contribution is 0.0964. The highest BCUT2D eigenvalue weighted by molar-refractivity contribution is 5.74. The van der Waals surface area contributed by atoms with Crippen LogP contribution in [0.1, 0.15) is 24.4 Å². The van der Waals surface area contributed by atoms with Crippen LogP contribution in [0.25, 0.3) is 11.0 Å². The second-order valence-corrected chi connectivity index (χ2v) is 6.60. The van der Waals surface area contributed by atoms with Crippen LogP contribution in [0, 0.1) is 0 Å². The smallest absolute Gasteiger partial charge is 0.121 e. The van der Waals surface area contributed by atoms with E-state index in [-0.39, 0.29) is 0 Å². The standard InChI is InChI=1S/C20H24N4/c1-16(17-7-3-2-4-8-17)24-13-11-23(12-14-24)15-20-21-18-9-5-6-10-19(18)22-20/h2-10,16H,11-15H2,1H3,(H,21,22).